The van der Waals surface area contributed by atoms with Crippen molar-refractivity contribution in [2.45, 2.75) is 19.3 Å². The van der Waals surface area contributed by atoms with Crippen molar-refractivity contribution in [1.82, 2.24) is 25.9 Å². The van der Waals surface area contributed by atoms with Crippen LogP contribution >= 0.6 is 0 Å². The van der Waals surface area contributed by atoms with Crippen LogP contribution < -0.4 is 5.32 Å². The van der Waals surface area contributed by atoms with Gasteiger partial charge in [0.05, 0.1) is 0 Å². The Morgan fingerprint density at radius 2 is 2.29 bits per heavy atom. The van der Waals surface area contributed by atoms with Gasteiger partial charge in [-0.05, 0) is 42.0 Å². The van der Waals surface area contributed by atoms with Gasteiger partial charge in [0.1, 0.15) is 0 Å². The van der Waals surface area contributed by atoms with E-state index in [1.54, 1.807) is 18.2 Å². The third kappa shape index (κ3) is 3.08. The molecule has 1 aliphatic rings. The number of amides is 1. The van der Waals surface area contributed by atoms with Crippen LogP contribution in [-0.4, -0.2) is 44.8 Å². The van der Waals surface area contributed by atoms with Crippen molar-refractivity contribution < 1.29 is 9.90 Å². The third-order valence-electron chi connectivity index (χ3n) is 3.95. The fourth-order valence-electron chi connectivity index (χ4n) is 2.38. The lowest BCUT2D eigenvalue weighted by Gasteiger charge is -2.14. The number of aliphatic hydroxyl groups is 1. The number of aliphatic hydroxyl groups excluding tert-OH is 1. The molecule has 3 N–H and O–H groups in total. The van der Waals surface area contributed by atoms with E-state index in [-0.39, 0.29) is 17.9 Å². The Labute approximate surface area is 121 Å². The molecule has 7 nitrogen and oxygen atoms in total. The summed E-state index contributed by atoms with van der Waals surface area (Å²) in [5, 5.41) is 25.7. The first kappa shape index (κ1) is 13.7. The molecule has 0 spiro atoms. The standard InChI is InChI=1S/C14H17N5O2/c20-7-6-14(4-5-14)9-15-13(21)11-3-1-2-10(8-11)12-16-18-19-17-12/h1-3,8,20H,4-7,9H2,(H,15,21)(H,16,17,18,19). The topological polar surface area (TPSA) is 104 Å². The molecular formula is C14H17N5O2. The molecule has 110 valence electrons. The van der Waals surface area contributed by atoms with Crippen molar-refractivity contribution in [1.29, 1.82) is 0 Å². The number of rotatable bonds is 6. The number of H-pyrrole nitrogens is 1. The number of nitrogens with one attached hydrogen (secondary N) is 2. The molecule has 7 heteroatoms. The van der Waals surface area contributed by atoms with E-state index in [9.17, 15) is 4.79 Å². The van der Waals surface area contributed by atoms with Crippen molar-refractivity contribution >= 4 is 5.91 Å². The van der Waals surface area contributed by atoms with Crippen molar-refractivity contribution in [3.8, 4) is 11.4 Å². The molecule has 1 aromatic carbocycles. The molecule has 1 saturated carbocycles. The van der Waals surface area contributed by atoms with Crippen LogP contribution in [0.1, 0.15) is 29.6 Å². The molecule has 0 saturated heterocycles. The van der Waals surface area contributed by atoms with E-state index in [4.69, 9.17) is 5.11 Å². The molecule has 0 bridgehead atoms. The maximum absolute atomic E-state index is 12.2. The molecule has 0 aliphatic heterocycles. The van der Waals surface area contributed by atoms with Gasteiger partial charge in [-0.25, -0.2) is 0 Å². The van der Waals surface area contributed by atoms with Crippen LogP contribution in [0, 0.1) is 5.41 Å². The van der Waals surface area contributed by atoms with E-state index in [1.165, 1.54) is 0 Å². The molecular weight excluding hydrogens is 270 g/mol. The van der Waals surface area contributed by atoms with Gasteiger partial charge in [0.2, 0.25) is 5.82 Å². The third-order valence-corrected chi connectivity index (χ3v) is 3.95. The highest BCUT2D eigenvalue weighted by Gasteiger charge is 2.41. The molecule has 1 amide bonds. The highest BCUT2D eigenvalue weighted by Crippen LogP contribution is 2.47. The molecule has 1 aliphatic carbocycles. The number of carbonyl (C=O) groups is 1. The summed E-state index contributed by atoms with van der Waals surface area (Å²) in [5.41, 5.74) is 1.42. The molecule has 0 atom stereocenters. The van der Waals surface area contributed by atoms with Gasteiger partial charge in [-0.2, -0.15) is 5.21 Å². The molecule has 1 aromatic heterocycles. The maximum atomic E-state index is 12.2. The van der Waals surface area contributed by atoms with Crippen LogP contribution in [0.25, 0.3) is 11.4 Å². The number of hydrogen-bond acceptors (Lipinski definition) is 5. The Kier molecular flexibility index (Phi) is 3.66. The smallest absolute Gasteiger partial charge is 0.251 e. The second-order valence-electron chi connectivity index (χ2n) is 5.47. The second kappa shape index (κ2) is 5.61. The number of tetrazole rings is 1. The number of aromatic amines is 1. The molecule has 1 fully saturated rings. The van der Waals surface area contributed by atoms with E-state index >= 15 is 0 Å². The number of carbonyl (C=O) groups excluding carboxylic acids is 1. The molecule has 21 heavy (non-hydrogen) atoms. The Balaban J connectivity index is 1.66. The van der Waals surface area contributed by atoms with E-state index < -0.39 is 0 Å². The van der Waals surface area contributed by atoms with Crippen molar-refractivity contribution in [2.75, 3.05) is 13.2 Å². The van der Waals surface area contributed by atoms with Crippen molar-refractivity contribution in [2.24, 2.45) is 5.41 Å². The monoisotopic (exact) mass is 287 g/mol. The minimum absolute atomic E-state index is 0.107. The van der Waals surface area contributed by atoms with Gasteiger partial charge in [0, 0.05) is 24.3 Å². The van der Waals surface area contributed by atoms with E-state index in [2.05, 4.69) is 25.9 Å². The quantitative estimate of drug-likeness (QED) is 0.727. The highest BCUT2D eigenvalue weighted by atomic mass is 16.3. The van der Waals surface area contributed by atoms with E-state index in [1.807, 2.05) is 6.07 Å². The summed E-state index contributed by atoms with van der Waals surface area (Å²) in [5.74, 6) is 0.341. The fourth-order valence-corrected chi connectivity index (χ4v) is 2.38. The SMILES string of the molecule is O=C(NCC1(CCO)CC1)c1cccc(-c2nn[nH]n2)c1. The number of aromatic nitrogens is 4. The van der Waals surface area contributed by atoms with Gasteiger partial charge >= 0.3 is 0 Å². The van der Waals surface area contributed by atoms with Crippen LogP contribution in [0.5, 0.6) is 0 Å². The number of benzene rings is 1. The Morgan fingerprint density at radius 1 is 1.43 bits per heavy atom. The molecule has 1 heterocycles. The van der Waals surface area contributed by atoms with Crippen molar-refractivity contribution in [3.05, 3.63) is 29.8 Å². The summed E-state index contributed by atoms with van der Waals surface area (Å²) in [7, 11) is 0. The average Bonchev–Trinajstić information content (AvgIpc) is 3.06. The number of nitrogens with zero attached hydrogens (tertiary/aromatic N) is 3. The van der Waals surface area contributed by atoms with Crippen LogP contribution in [0.15, 0.2) is 24.3 Å². The van der Waals surface area contributed by atoms with Gasteiger partial charge < -0.3 is 10.4 Å². The first-order valence-electron chi connectivity index (χ1n) is 6.95. The molecule has 0 radical (unpaired) electrons. The first-order chi connectivity index (χ1) is 10.2. The van der Waals surface area contributed by atoms with E-state index in [0.29, 0.717) is 17.9 Å². The van der Waals surface area contributed by atoms with Crippen LogP contribution in [0.2, 0.25) is 0 Å². The van der Waals surface area contributed by atoms with Gasteiger partial charge in [0.15, 0.2) is 0 Å². The predicted molar refractivity (Wildman–Crippen MR) is 75.3 cm³/mol. The van der Waals surface area contributed by atoms with Gasteiger partial charge in [-0.3, -0.25) is 4.79 Å². The largest absolute Gasteiger partial charge is 0.396 e. The maximum Gasteiger partial charge on any atom is 0.251 e. The summed E-state index contributed by atoms with van der Waals surface area (Å²) in [6, 6.07) is 7.12. The predicted octanol–water partition coefficient (Wildman–Crippen LogP) is 0.759. The lowest BCUT2D eigenvalue weighted by Crippen LogP contribution is -2.30. The lowest BCUT2D eigenvalue weighted by atomic mass is 10.0. The van der Waals surface area contributed by atoms with Crippen LogP contribution in [-0.2, 0) is 0 Å². The average molecular weight is 287 g/mol. The number of hydrogen-bond donors (Lipinski definition) is 3. The summed E-state index contributed by atoms with van der Waals surface area (Å²) in [4.78, 5) is 12.2. The summed E-state index contributed by atoms with van der Waals surface area (Å²) >= 11 is 0. The molecule has 0 unspecified atom stereocenters. The summed E-state index contributed by atoms with van der Waals surface area (Å²) in [6.45, 7) is 0.780. The van der Waals surface area contributed by atoms with E-state index in [0.717, 1.165) is 24.8 Å². The zero-order valence-electron chi connectivity index (χ0n) is 11.5. The lowest BCUT2D eigenvalue weighted by molar-refractivity contribution is 0.0941. The normalized spacial score (nSPS) is 15.7. The van der Waals surface area contributed by atoms with Gasteiger partial charge in [0.25, 0.3) is 5.91 Å². The van der Waals surface area contributed by atoms with Crippen molar-refractivity contribution in [3.63, 3.8) is 0 Å². The second-order valence-corrected chi connectivity index (χ2v) is 5.47. The zero-order chi connectivity index (χ0) is 14.7. The fraction of sp³-hybridized carbons (Fsp3) is 0.429. The van der Waals surface area contributed by atoms with Gasteiger partial charge in [-0.15, -0.1) is 10.2 Å². The Bertz CT molecular complexity index is 622. The first-order valence-corrected chi connectivity index (χ1v) is 6.95. The summed E-state index contributed by atoms with van der Waals surface area (Å²) in [6.07, 6.45) is 2.88. The minimum atomic E-state index is -0.121. The van der Waals surface area contributed by atoms with Crippen LogP contribution in [0.4, 0.5) is 0 Å². The highest BCUT2D eigenvalue weighted by molar-refractivity contribution is 5.95. The Morgan fingerprint density at radius 3 is 2.95 bits per heavy atom. The zero-order valence-corrected chi connectivity index (χ0v) is 11.5. The molecule has 3 rings (SSSR count). The van der Waals surface area contributed by atoms with Gasteiger partial charge in [-0.1, -0.05) is 12.1 Å². The minimum Gasteiger partial charge on any atom is -0.396 e. The van der Waals surface area contributed by atoms with Crippen LogP contribution in [0.3, 0.4) is 0 Å². The summed E-state index contributed by atoms with van der Waals surface area (Å²) < 4.78 is 0. The Hall–Kier alpha value is -2.28. The molecule has 2 aromatic rings.